The zero-order valence-corrected chi connectivity index (χ0v) is 12.1. The average molecular weight is 293 g/mol. The highest BCUT2D eigenvalue weighted by molar-refractivity contribution is 7.98. The van der Waals surface area contributed by atoms with Gasteiger partial charge in [-0.1, -0.05) is 30.3 Å². The molecule has 0 N–H and O–H groups in total. The molecule has 2 heterocycles. The summed E-state index contributed by atoms with van der Waals surface area (Å²) in [6, 6.07) is 9.74. The molecule has 102 valence electrons. The average Bonchev–Trinajstić information content (AvgIpc) is 3.08. The Balaban J connectivity index is 2.26. The molecule has 0 aliphatic carbocycles. The third-order valence-corrected chi connectivity index (χ3v) is 3.59. The number of rotatable bonds is 3. The lowest BCUT2D eigenvalue weighted by Gasteiger charge is -2.10. The van der Waals surface area contributed by atoms with Gasteiger partial charge in [0.1, 0.15) is 10.8 Å². The van der Waals surface area contributed by atoms with E-state index >= 15 is 0 Å². The fourth-order valence-corrected chi connectivity index (χ4v) is 2.45. The van der Waals surface area contributed by atoms with Gasteiger partial charge in [-0.2, -0.15) is 0 Å². The van der Waals surface area contributed by atoms with E-state index in [1.807, 2.05) is 36.6 Å². The second-order valence-electron chi connectivity index (χ2n) is 4.18. The van der Waals surface area contributed by atoms with Crippen molar-refractivity contribution < 1.29 is 0 Å². The molecule has 0 saturated heterocycles. The Morgan fingerprint density at radius 2 is 2.00 bits per heavy atom. The SMILES string of the molecule is [C-]#[N+]c1c(SC)nc(-c2ccccc2)nc1-n1ccnc1. The molecule has 3 aromatic rings. The van der Waals surface area contributed by atoms with Crippen molar-refractivity contribution in [3.05, 3.63) is 60.5 Å². The highest BCUT2D eigenvalue weighted by atomic mass is 32.2. The van der Waals surface area contributed by atoms with Crippen molar-refractivity contribution in [3.63, 3.8) is 0 Å². The summed E-state index contributed by atoms with van der Waals surface area (Å²) in [5.74, 6) is 1.16. The topological polar surface area (TPSA) is 48.0 Å². The summed E-state index contributed by atoms with van der Waals surface area (Å²) in [7, 11) is 0. The van der Waals surface area contributed by atoms with Crippen LogP contribution in [0.4, 0.5) is 5.69 Å². The molecule has 1 aromatic carbocycles. The zero-order valence-electron chi connectivity index (χ0n) is 11.3. The van der Waals surface area contributed by atoms with E-state index in [2.05, 4.69) is 19.8 Å². The highest BCUT2D eigenvalue weighted by Crippen LogP contribution is 2.33. The van der Waals surface area contributed by atoms with Crippen molar-refractivity contribution in [2.45, 2.75) is 5.03 Å². The van der Waals surface area contributed by atoms with Crippen molar-refractivity contribution >= 4 is 17.4 Å². The Labute approximate surface area is 126 Å². The molecule has 0 saturated carbocycles. The van der Waals surface area contributed by atoms with Gasteiger partial charge >= 0.3 is 0 Å². The fraction of sp³-hybridized carbons (Fsp3) is 0.0667. The molecule has 0 aliphatic heterocycles. The van der Waals surface area contributed by atoms with Gasteiger partial charge in [-0.3, -0.25) is 4.57 Å². The van der Waals surface area contributed by atoms with Gasteiger partial charge in [0.2, 0.25) is 0 Å². The highest BCUT2D eigenvalue weighted by Gasteiger charge is 2.16. The molecule has 0 aliphatic rings. The monoisotopic (exact) mass is 293 g/mol. The lowest BCUT2D eigenvalue weighted by Crippen LogP contribution is -2.01. The molecule has 0 radical (unpaired) electrons. The Morgan fingerprint density at radius 3 is 2.62 bits per heavy atom. The summed E-state index contributed by atoms with van der Waals surface area (Å²) in [5.41, 5.74) is 1.37. The van der Waals surface area contributed by atoms with Crippen LogP contribution in [0.25, 0.3) is 22.1 Å². The second-order valence-corrected chi connectivity index (χ2v) is 4.97. The van der Waals surface area contributed by atoms with E-state index in [0.29, 0.717) is 22.4 Å². The van der Waals surface area contributed by atoms with E-state index in [0.717, 1.165) is 5.56 Å². The van der Waals surface area contributed by atoms with Gasteiger partial charge in [0, 0.05) is 18.0 Å². The Morgan fingerprint density at radius 1 is 1.19 bits per heavy atom. The smallest absolute Gasteiger partial charge is 0.260 e. The van der Waals surface area contributed by atoms with Crippen LogP contribution in [0.5, 0.6) is 0 Å². The van der Waals surface area contributed by atoms with E-state index in [1.54, 1.807) is 23.3 Å². The maximum absolute atomic E-state index is 7.40. The first-order valence-corrected chi connectivity index (χ1v) is 7.43. The number of benzene rings is 1. The largest absolute Gasteiger partial charge is 0.299 e. The molecular formula is C15H11N5S. The van der Waals surface area contributed by atoms with Gasteiger partial charge < -0.3 is 0 Å². The number of hydrogen-bond donors (Lipinski definition) is 0. The summed E-state index contributed by atoms with van der Waals surface area (Å²) >= 11 is 1.44. The number of nitrogens with zero attached hydrogens (tertiary/aromatic N) is 5. The van der Waals surface area contributed by atoms with Crippen LogP contribution in [0.1, 0.15) is 0 Å². The third-order valence-electron chi connectivity index (χ3n) is 2.92. The fourth-order valence-electron chi connectivity index (χ4n) is 1.94. The standard InChI is InChI=1S/C15H11N5S/c1-16-12-14(20-9-8-17-10-20)18-13(19-15(12)21-2)11-6-4-3-5-7-11/h3-10H,2H3. The van der Waals surface area contributed by atoms with Crippen molar-refractivity contribution in [2.75, 3.05) is 6.26 Å². The molecule has 5 nitrogen and oxygen atoms in total. The van der Waals surface area contributed by atoms with Crippen molar-refractivity contribution in [1.29, 1.82) is 0 Å². The lowest BCUT2D eigenvalue weighted by atomic mass is 10.2. The van der Waals surface area contributed by atoms with Gasteiger partial charge in [-0.25, -0.2) is 19.8 Å². The predicted molar refractivity (Wildman–Crippen MR) is 82.6 cm³/mol. The maximum atomic E-state index is 7.40. The minimum absolute atomic E-state index is 0.445. The van der Waals surface area contributed by atoms with Crippen molar-refractivity contribution in [3.8, 4) is 17.2 Å². The van der Waals surface area contributed by atoms with Crippen molar-refractivity contribution in [1.82, 2.24) is 19.5 Å². The maximum Gasteiger partial charge on any atom is 0.260 e. The van der Waals surface area contributed by atoms with Crippen LogP contribution in [0.15, 0.2) is 54.1 Å². The zero-order chi connectivity index (χ0) is 14.7. The summed E-state index contributed by atoms with van der Waals surface area (Å²) in [6.45, 7) is 7.40. The molecule has 0 bridgehead atoms. The lowest BCUT2D eigenvalue weighted by molar-refractivity contribution is 0.953. The van der Waals surface area contributed by atoms with Crippen LogP contribution in [-0.4, -0.2) is 25.8 Å². The minimum Gasteiger partial charge on any atom is -0.299 e. The number of aromatic nitrogens is 4. The first kappa shape index (κ1) is 13.3. The summed E-state index contributed by atoms with van der Waals surface area (Å²) in [6.07, 6.45) is 6.98. The van der Waals surface area contributed by atoms with Gasteiger partial charge in [-0.05, 0) is 6.26 Å². The van der Waals surface area contributed by atoms with Gasteiger partial charge in [0.15, 0.2) is 5.82 Å². The normalized spacial score (nSPS) is 10.3. The molecule has 0 atom stereocenters. The third kappa shape index (κ3) is 2.51. The molecule has 0 amide bonds. The van der Waals surface area contributed by atoms with Crippen LogP contribution < -0.4 is 0 Å². The molecule has 2 aromatic heterocycles. The predicted octanol–water partition coefficient (Wildman–Crippen LogP) is 3.60. The second kappa shape index (κ2) is 5.77. The number of hydrogen-bond acceptors (Lipinski definition) is 4. The van der Waals surface area contributed by atoms with E-state index in [-0.39, 0.29) is 0 Å². The number of thioether (sulfide) groups is 1. The molecule has 0 spiro atoms. The molecule has 3 rings (SSSR count). The Kier molecular flexibility index (Phi) is 3.67. The number of imidazole rings is 1. The molecule has 6 heteroatoms. The summed E-state index contributed by atoms with van der Waals surface area (Å²) in [4.78, 5) is 16.7. The molecule has 0 unspecified atom stereocenters. The first-order chi connectivity index (χ1) is 10.3. The van der Waals surface area contributed by atoms with Crippen molar-refractivity contribution in [2.24, 2.45) is 0 Å². The van der Waals surface area contributed by atoms with Crippen LogP contribution in [0.2, 0.25) is 0 Å². The van der Waals surface area contributed by atoms with Gasteiger partial charge in [0.25, 0.3) is 5.69 Å². The Bertz CT molecular complexity index is 791. The van der Waals surface area contributed by atoms with E-state index in [9.17, 15) is 0 Å². The van der Waals surface area contributed by atoms with E-state index in [4.69, 9.17) is 6.57 Å². The van der Waals surface area contributed by atoms with Crippen LogP contribution in [-0.2, 0) is 0 Å². The van der Waals surface area contributed by atoms with E-state index < -0.39 is 0 Å². The quantitative estimate of drug-likeness (QED) is 0.420. The Hall–Kier alpha value is -2.65. The summed E-state index contributed by atoms with van der Waals surface area (Å²) < 4.78 is 1.74. The van der Waals surface area contributed by atoms with E-state index in [1.165, 1.54) is 11.8 Å². The van der Waals surface area contributed by atoms with Crippen LogP contribution >= 0.6 is 11.8 Å². The van der Waals surface area contributed by atoms with Gasteiger partial charge in [-0.15, -0.1) is 11.8 Å². The minimum atomic E-state index is 0.445. The van der Waals surface area contributed by atoms with Crippen LogP contribution in [0.3, 0.4) is 0 Å². The molecule has 0 fully saturated rings. The van der Waals surface area contributed by atoms with Gasteiger partial charge in [0.05, 0.1) is 12.9 Å². The van der Waals surface area contributed by atoms with Crippen LogP contribution in [0, 0.1) is 6.57 Å². The summed E-state index contributed by atoms with van der Waals surface area (Å²) in [5, 5.41) is 0.669. The molecular weight excluding hydrogens is 282 g/mol. The molecule has 21 heavy (non-hydrogen) atoms. The first-order valence-electron chi connectivity index (χ1n) is 6.20.